The van der Waals surface area contributed by atoms with E-state index in [-0.39, 0.29) is 30.4 Å². The fourth-order valence-corrected chi connectivity index (χ4v) is 1.58. The third kappa shape index (κ3) is 4.05. The van der Waals surface area contributed by atoms with Crippen LogP contribution in [0, 0.1) is 11.6 Å². The van der Waals surface area contributed by atoms with E-state index in [4.69, 9.17) is 5.73 Å². The van der Waals surface area contributed by atoms with Crippen molar-refractivity contribution in [3.05, 3.63) is 33.8 Å². The highest BCUT2D eigenvalue weighted by Gasteiger charge is 2.12. The van der Waals surface area contributed by atoms with Crippen LogP contribution in [0.25, 0.3) is 0 Å². The topological polar surface area (TPSA) is 26.0 Å². The summed E-state index contributed by atoms with van der Waals surface area (Å²) in [4.78, 5) is 0. The van der Waals surface area contributed by atoms with Crippen molar-refractivity contribution in [2.45, 2.75) is 25.8 Å². The Morgan fingerprint density at radius 2 is 1.80 bits per heavy atom. The first-order valence-electron chi connectivity index (χ1n) is 4.43. The van der Waals surface area contributed by atoms with Gasteiger partial charge in [-0.15, -0.1) is 12.4 Å². The largest absolute Gasteiger partial charge is 0.327 e. The Bertz CT molecular complexity index is 310. The smallest absolute Gasteiger partial charge is 0.130 e. The van der Waals surface area contributed by atoms with E-state index in [1.54, 1.807) is 0 Å². The molecule has 5 heteroatoms. The maximum atomic E-state index is 13.3. The van der Waals surface area contributed by atoms with E-state index >= 15 is 0 Å². The molecule has 0 bridgehead atoms. The summed E-state index contributed by atoms with van der Waals surface area (Å²) in [5.74, 6) is -1.08. The second-order valence-corrected chi connectivity index (χ2v) is 4.14. The monoisotopic (exact) mass is 299 g/mol. The summed E-state index contributed by atoms with van der Waals surface area (Å²) in [6.45, 7) is 1.89. The zero-order valence-electron chi connectivity index (χ0n) is 8.27. The molecule has 86 valence electrons. The summed E-state index contributed by atoms with van der Waals surface area (Å²) >= 11 is 3.02. The van der Waals surface area contributed by atoms with E-state index < -0.39 is 11.6 Å². The van der Waals surface area contributed by atoms with E-state index in [9.17, 15) is 8.78 Å². The summed E-state index contributed by atoms with van der Waals surface area (Å²) in [6, 6.07) is 2.31. The molecule has 0 radical (unpaired) electrons. The molecule has 0 aliphatic heterocycles. The van der Waals surface area contributed by atoms with Gasteiger partial charge in [-0.3, -0.25) is 0 Å². The van der Waals surface area contributed by atoms with Gasteiger partial charge in [-0.1, -0.05) is 22.9 Å². The normalized spacial score (nSPS) is 12.1. The standard InChI is InChI=1S/C10H12BrF2N.ClH/c1-2-7(14)5-8-9(12)3-6(11)4-10(8)13;/h3-4,7H,2,5,14H2,1H3;1H. The van der Waals surface area contributed by atoms with E-state index in [1.807, 2.05) is 6.92 Å². The second-order valence-electron chi connectivity index (χ2n) is 3.22. The molecule has 0 aliphatic rings. The van der Waals surface area contributed by atoms with Crippen LogP contribution in [0.15, 0.2) is 16.6 Å². The maximum absolute atomic E-state index is 13.3. The number of nitrogens with two attached hydrogens (primary N) is 1. The quantitative estimate of drug-likeness (QED) is 0.909. The molecule has 15 heavy (non-hydrogen) atoms. The fraction of sp³-hybridized carbons (Fsp3) is 0.400. The SMILES string of the molecule is CCC(N)Cc1c(F)cc(Br)cc1F.Cl. The van der Waals surface area contributed by atoms with Crippen molar-refractivity contribution in [3.63, 3.8) is 0 Å². The van der Waals surface area contributed by atoms with Crippen LogP contribution in [0.2, 0.25) is 0 Å². The predicted molar refractivity (Wildman–Crippen MR) is 63.3 cm³/mol. The minimum atomic E-state index is -0.541. The number of halogens is 4. The zero-order chi connectivity index (χ0) is 10.7. The van der Waals surface area contributed by atoms with Gasteiger partial charge in [0.2, 0.25) is 0 Å². The molecular weight excluding hydrogens is 287 g/mol. The lowest BCUT2D eigenvalue weighted by molar-refractivity contribution is 0.529. The van der Waals surface area contributed by atoms with Crippen molar-refractivity contribution in [2.75, 3.05) is 0 Å². The van der Waals surface area contributed by atoms with Gasteiger partial charge >= 0.3 is 0 Å². The highest BCUT2D eigenvalue weighted by Crippen LogP contribution is 2.20. The molecule has 1 aromatic rings. The number of rotatable bonds is 3. The van der Waals surface area contributed by atoms with Crippen LogP contribution in [-0.4, -0.2) is 6.04 Å². The maximum Gasteiger partial charge on any atom is 0.130 e. The van der Waals surface area contributed by atoms with Gasteiger partial charge in [-0.25, -0.2) is 8.78 Å². The van der Waals surface area contributed by atoms with Crippen LogP contribution in [-0.2, 0) is 6.42 Å². The van der Waals surface area contributed by atoms with E-state index in [2.05, 4.69) is 15.9 Å². The lowest BCUT2D eigenvalue weighted by Gasteiger charge is -2.10. The molecule has 1 nitrogen and oxygen atoms in total. The summed E-state index contributed by atoms with van der Waals surface area (Å²) in [6.07, 6.45) is 0.941. The minimum absolute atomic E-state index is 0. The Morgan fingerprint density at radius 3 is 2.20 bits per heavy atom. The summed E-state index contributed by atoms with van der Waals surface area (Å²) in [7, 11) is 0. The van der Waals surface area contributed by atoms with Crippen LogP contribution in [0.5, 0.6) is 0 Å². The highest BCUT2D eigenvalue weighted by molar-refractivity contribution is 9.10. The zero-order valence-corrected chi connectivity index (χ0v) is 10.7. The molecule has 0 spiro atoms. The number of hydrogen-bond acceptors (Lipinski definition) is 1. The number of benzene rings is 1. The Kier molecular flexibility index (Phi) is 6.32. The average Bonchev–Trinajstić information content (AvgIpc) is 2.10. The number of hydrogen-bond donors (Lipinski definition) is 1. The molecule has 1 unspecified atom stereocenters. The van der Waals surface area contributed by atoms with Gasteiger partial charge in [-0.05, 0) is 25.0 Å². The molecule has 0 amide bonds. The van der Waals surface area contributed by atoms with Crippen molar-refractivity contribution < 1.29 is 8.78 Å². The molecule has 1 rings (SSSR count). The fourth-order valence-electron chi connectivity index (χ4n) is 1.17. The Morgan fingerprint density at radius 1 is 1.33 bits per heavy atom. The molecule has 0 aromatic heterocycles. The molecule has 0 heterocycles. The van der Waals surface area contributed by atoms with Crippen LogP contribution in [0.1, 0.15) is 18.9 Å². The highest BCUT2D eigenvalue weighted by atomic mass is 79.9. The van der Waals surface area contributed by atoms with Crippen LogP contribution < -0.4 is 5.73 Å². The Hall–Kier alpha value is -0.190. The molecule has 1 aromatic carbocycles. The summed E-state index contributed by atoms with van der Waals surface area (Å²) < 4.78 is 27.0. The molecule has 0 fully saturated rings. The van der Waals surface area contributed by atoms with Gasteiger partial charge in [0.05, 0.1) is 0 Å². The van der Waals surface area contributed by atoms with Crippen LogP contribution in [0.3, 0.4) is 0 Å². The van der Waals surface area contributed by atoms with E-state index in [0.717, 1.165) is 0 Å². The average molecular weight is 301 g/mol. The predicted octanol–water partition coefficient (Wildman–Crippen LogP) is 3.43. The van der Waals surface area contributed by atoms with Crippen molar-refractivity contribution >= 4 is 28.3 Å². The van der Waals surface area contributed by atoms with Gasteiger partial charge in [0.15, 0.2) is 0 Å². The van der Waals surface area contributed by atoms with Gasteiger partial charge in [0.1, 0.15) is 11.6 Å². The van der Waals surface area contributed by atoms with Gasteiger partial charge in [0, 0.05) is 16.1 Å². The molecule has 0 saturated heterocycles. The first-order valence-corrected chi connectivity index (χ1v) is 5.23. The van der Waals surface area contributed by atoms with Crippen LogP contribution >= 0.6 is 28.3 Å². The lowest BCUT2D eigenvalue weighted by Crippen LogP contribution is -2.22. The Balaban J connectivity index is 0.00000196. The second kappa shape index (κ2) is 6.40. The molecule has 1 atom stereocenters. The van der Waals surface area contributed by atoms with Crippen molar-refractivity contribution in [1.82, 2.24) is 0 Å². The molecular formula is C10H13BrClF2N. The first kappa shape index (κ1) is 14.8. The summed E-state index contributed by atoms with van der Waals surface area (Å²) in [5, 5.41) is 0. The van der Waals surface area contributed by atoms with Gasteiger partial charge in [0.25, 0.3) is 0 Å². The van der Waals surface area contributed by atoms with Crippen molar-refractivity contribution in [3.8, 4) is 0 Å². The Labute approximate surface area is 103 Å². The lowest BCUT2D eigenvalue weighted by atomic mass is 10.0. The summed E-state index contributed by atoms with van der Waals surface area (Å²) in [5.41, 5.74) is 5.71. The van der Waals surface area contributed by atoms with Crippen molar-refractivity contribution in [1.29, 1.82) is 0 Å². The van der Waals surface area contributed by atoms with E-state index in [1.165, 1.54) is 12.1 Å². The van der Waals surface area contributed by atoms with Crippen LogP contribution in [0.4, 0.5) is 8.78 Å². The van der Waals surface area contributed by atoms with Gasteiger partial charge in [-0.2, -0.15) is 0 Å². The molecule has 0 aliphatic carbocycles. The first-order chi connectivity index (χ1) is 6.54. The van der Waals surface area contributed by atoms with E-state index in [0.29, 0.717) is 10.9 Å². The molecule has 0 saturated carbocycles. The minimum Gasteiger partial charge on any atom is -0.327 e. The third-order valence-electron chi connectivity index (χ3n) is 2.10. The third-order valence-corrected chi connectivity index (χ3v) is 2.55. The van der Waals surface area contributed by atoms with Crippen molar-refractivity contribution in [2.24, 2.45) is 5.73 Å². The van der Waals surface area contributed by atoms with Gasteiger partial charge < -0.3 is 5.73 Å². The molecule has 2 N–H and O–H groups in total.